The Labute approximate surface area is 134 Å². The van der Waals surface area contributed by atoms with E-state index in [-0.39, 0.29) is 5.56 Å². The SMILES string of the molecule is CCn1c2nc(=O)n(C)c(=O)c-2[n+](CC)c2cc(C)c(C)cc21. The first-order valence-electron chi connectivity index (χ1n) is 7.85. The van der Waals surface area contributed by atoms with E-state index in [0.717, 1.165) is 15.6 Å². The topological polar surface area (TPSA) is 60.8 Å². The van der Waals surface area contributed by atoms with Gasteiger partial charge in [-0.2, -0.15) is 9.55 Å². The molecule has 3 rings (SSSR count). The van der Waals surface area contributed by atoms with Crippen molar-refractivity contribution in [2.75, 3.05) is 0 Å². The molecule has 23 heavy (non-hydrogen) atoms. The van der Waals surface area contributed by atoms with Gasteiger partial charge < -0.3 is 4.57 Å². The van der Waals surface area contributed by atoms with E-state index in [1.165, 1.54) is 18.2 Å². The quantitative estimate of drug-likeness (QED) is 0.526. The Morgan fingerprint density at radius 1 is 1.13 bits per heavy atom. The van der Waals surface area contributed by atoms with Gasteiger partial charge in [0.1, 0.15) is 12.1 Å². The van der Waals surface area contributed by atoms with Crippen molar-refractivity contribution < 1.29 is 4.57 Å². The van der Waals surface area contributed by atoms with Crippen LogP contribution in [0.25, 0.3) is 22.6 Å². The second-order valence-electron chi connectivity index (χ2n) is 5.84. The molecule has 0 saturated heterocycles. The van der Waals surface area contributed by atoms with Crippen LogP contribution in [0.1, 0.15) is 25.0 Å². The summed E-state index contributed by atoms with van der Waals surface area (Å²) in [5, 5.41) is 0. The number of nitrogens with zero attached hydrogens (tertiary/aromatic N) is 4. The number of benzene rings is 1. The van der Waals surface area contributed by atoms with Crippen molar-refractivity contribution in [1.29, 1.82) is 0 Å². The molecule has 0 fully saturated rings. The zero-order valence-corrected chi connectivity index (χ0v) is 14.2. The second kappa shape index (κ2) is 5.30. The molecule has 0 radical (unpaired) electrons. The van der Waals surface area contributed by atoms with Gasteiger partial charge in [-0.05, 0) is 44.9 Å². The van der Waals surface area contributed by atoms with E-state index < -0.39 is 5.69 Å². The molecule has 6 heteroatoms. The lowest BCUT2D eigenvalue weighted by Crippen LogP contribution is -2.48. The van der Waals surface area contributed by atoms with Crippen LogP contribution < -0.4 is 15.8 Å². The van der Waals surface area contributed by atoms with Gasteiger partial charge in [0, 0.05) is 19.7 Å². The van der Waals surface area contributed by atoms with Gasteiger partial charge in [-0.15, -0.1) is 0 Å². The molecule has 2 heterocycles. The van der Waals surface area contributed by atoms with Gasteiger partial charge in [-0.1, -0.05) is 0 Å². The van der Waals surface area contributed by atoms with Crippen molar-refractivity contribution in [2.24, 2.45) is 7.05 Å². The van der Waals surface area contributed by atoms with E-state index in [1.54, 1.807) is 0 Å². The average Bonchev–Trinajstić information content (AvgIpc) is 2.52. The molecule has 0 aliphatic carbocycles. The van der Waals surface area contributed by atoms with E-state index in [9.17, 15) is 9.59 Å². The lowest BCUT2D eigenvalue weighted by molar-refractivity contribution is -0.658. The smallest absolute Gasteiger partial charge is 0.315 e. The summed E-state index contributed by atoms with van der Waals surface area (Å²) in [7, 11) is 1.47. The summed E-state index contributed by atoms with van der Waals surface area (Å²) in [5.74, 6) is 0.457. The van der Waals surface area contributed by atoms with Crippen LogP contribution in [0.5, 0.6) is 0 Å². The fraction of sp³-hybridized carbons (Fsp3) is 0.412. The molecule has 0 saturated carbocycles. The second-order valence-corrected chi connectivity index (χ2v) is 5.84. The molecular weight excluding hydrogens is 292 g/mol. The summed E-state index contributed by atoms with van der Waals surface area (Å²) < 4.78 is 4.98. The summed E-state index contributed by atoms with van der Waals surface area (Å²) >= 11 is 0. The number of hydrogen-bond donors (Lipinski definition) is 0. The fourth-order valence-electron chi connectivity index (χ4n) is 3.09. The van der Waals surface area contributed by atoms with Gasteiger partial charge in [0.15, 0.2) is 0 Å². The molecule has 1 aromatic carbocycles. The minimum atomic E-state index is -0.518. The Balaban J connectivity index is 2.72. The normalized spacial score (nSPS) is 11.5. The Morgan fingerprint density at radius 2 is 1.78 bits per heavy atom. The third-order valence-corrected chi connectivity index (χ3v) is 4.54. The highest BCUT2D eigenvalue weighted by Gasteiger charge is 2.30. The summed E-state index contributed by atoms with van der Waals surface area (Å²) in [6.07, 6.45) is 0. The molecule has 0 amide bonds. The molecule has 1 aromatic rings. The Bertz CT molecular complexity index is 1010. The molecule has 2 aliphatic rings. The Kier molecular flexibility index (Phi) is 3.55. The summed E-state index contributed by atoms with van der Waals surface area (Å²) in [5.41, 5.74) is 3.99. The average molecular weight is 313 g/mol. The molecule has 6 nitrogen and oxygen atoms in total. The predicted molar refractivity (Wildman–Crippen MR) is 88.9 cm³/mol. The Hall–Kier alpha value is -2.50. The third kappa shape index (κ3) is 2.09. The van der Waals surface area contributed by atoms with Crippen molar-refractivity contribution in [1.82, 2.24) is 14.1 Å². The van der Waals surface area contributed by atoms with Crippen molar-refractivity contribution in [2.45, 2.75) is 40.8 Å². The third-order valence-electron chi connectivity index (χ3n) is 4.54. The summed E-state index contributed by atoms with van der Waals surface area (Å²) in [6.45, 7) is 9.38. The minimum absolute atomic E-state index is 0.302. The van der Waals surface area contributed by atoms with Crippen molar-refractivity contribution in [3.8, 4) is 11.5 Å². The number of rotatable bonds is 2. The number of aryl methyl sites for hydroxylation is 4. The molecule has 0 atom stereocenters. The molecule has 0 N–H and O–H groups in total. The standard InChI is InChI=1S/C17H21N4O2/c1-6-20-12-8-10(3)11(4)9-13(12)21(7-2)15-14(20)16(22)19(5)17(23)18-15/h8-9H,6-7H2,1-5H3/q+1. The molecule has 2 aliphatic heterocycles. The zero-order chi connectivity index (χ0) is 16.9. The molecule has 0 spiro atoms. The highest BCUT2D eigenvalue weighted by Crippen LogP contribution is 2.22. The van der Waals surface area contributed by atoms with Crippen molar-refractivity contribution in [3.63, 3.8) is 0 Å². The van der Waals surface area contributed by atoms with E-state index in [0.29, 0.717) is 24.6 Å². The van der Waals surface area contributed by atoms with Crippen LogP contribution in [0.2, 0.25) is 0 Å². The highest BCUT2D eigenvalue weighted by molar-refractivity contribution is 5.77. The highest BCUT2D eigenvalue weighted by atomic mass is 16.2. The molecular formula is C17H21N4O2+. The maximum Gasteiger partial charge on any atom is 0.352 e. The van der Waals surface area contributed by atoms with Crippen LogP contribution >= 0.6 is 0 Å². The minimum Gasteiger partial charge on any atom is -0.315 e. The fourth-order valence-corrected chi connectivity index (χ4v) is 3.09. The van der Waals surface area contributed by atoms with Crippen molar-refractivity contribution >= 4 is 11.0 Å². The molecule has 0 bridgehead atoms. The number of aromatic nitrogens is 4. The van der Waals surface area contributed by atoms with Gasteiger partial charge in [0.2, 0.25) is 11.3 Å². The van der Waals surface area contributed by atoms with Crippen LogP contribution in [0.15, 0.2) is 21.7 Å². The van der Waals surface area contributed by atoms with E-state index in [1.807, 2.05) is 23.0 Å². The lowest BCUT2D eigenvalue weighted by atomic mass is 10.1. The van der Waals surface area contributed by atoms with Gasteiger partial charge in [-0.25, -0.2) is 4.79 Å². The van der Waals surface area contributed by atoms with Gasteiger partial charge >= 0.3 is 16.9 Å². The number of hydrogen-bond acceptors (Lipinski definition) is 3. The lowest BCUT2D eigenvalue weighted by Gasteiger charge is -2.16. The molecule has 0 unspecified atom stereocenters. The first-order valence-corrected chi connectivity index (χ1v) is 7.85. The first kappa shape index (κ1) is 15.4. The number of fused-ring (bicyclic) bond motifs is 2. The maximum atomic E-state index is 12.7. The van der Waals surface area contributed by atoms with Gasteiger partial charge in [-0.3, -0.25) is 9.36 Å². The maximum absolute atomic E-state index is 12.7. The van der Waals surface area contributed by atoms with Crippen molar-refractivity contribution in [3.05, 3.63) is 44.1 Å². The van der Waals surface area contributed by atoms with Crippen LogP contribution in [0.3, 0.4) is 0 Å². The summed E-state index contributed by atoms with van der Waals surface area (Å²) in [4.78, 5) is 28.9. The molecule has 0 aromatic heterocycles. The van der Waals surface area contributed by atoms with E-state index in [4.69, 9.17) is 0 Å². The largest absolute Gasteiger partial charge is 0.352 e. The van der Waals surface area contributed by atoms with Crippen LogP contribution in [-0.2, 0) is 20.1 Å². The van der Waals surface area contributed by atoms with Crippen LogP contribution in [0.4, 0.5) is 0 Å². The first-order chi connectivity index (χ1) is 10.9. The summed E-state index contributed by atoms with van der Waals surface area (Å²) in [6, 6.07) is 4.20. The van der Waals surface area contributed by atoms with Gasteiger partial charge in [0.05, 0.1) is 0 Å². The zero-order valence-electron chi connectivity index (χ0n) is 14.2. The van der Waals surface area contributed by atoms with Gasteiger partial charge in [0.25, 0.3) is 0 Å². The monoisotopic (exact) mass is 313 g/mol. The van der Waals surface area contributed by atoms with E-state index >= 15 is 0 Å². The van der Waals surface area contributed by atoms with Crippen LogP contribution in [0, 0.1) is 13.8 Å². The predicted octanol–water partition coefficient (Wildman–Crippen LogP) is 1.14. The molecule has 120 valence electrons. The van der Waals surface area contributed by atoms with E-state index in [2.05, 4.69) is 31.0 Å². The van der Waals surface area contributed by atoms with Crippen LogP contribution in [-0.4, -0.2) is 14.1 Å². The Morgan fingerprint density at radius 3 is 2.39 bits per heavy atom.